The molecule has 114 valence electrons. The minimum Gasteiger partial charge on any atom is -0.385 e. The molecule has 0 saturated carbocycles. The fourth-order valence-corrected chi connectivity index (χ4v) is 3.37. The van der Waals surface area contributed by atoms with Gasteiger partial charge in [-0.1, -0.05) is 6.08 Å². The molecule has 0 aromatic carbocycles. The van der Waals surface area contributed by atoms with Crippen molar-refractivity contribution in [3.63, 3.8) is 0 Å². The second-order valence-corrected chi connectivity index (χ2v) is 6.11. The number of hydrogen-bond acceptors (Lipinski definition) is 2. The molecule has 0 radical (unpaired) electrons. The lowest BCUT2D eigenvalue weighted by Crippen LogP contribution is -2.35. The van der Waals surface area contributed by atoms with Crippen molar-refractivity contribution >= 4 is 5.91 Å². The first-order valence-electron chi connectivity index (χ1n) is 7.89. The number of ether oxygens (including phenoxy) is 1. The van der Waals surface area contributed by atoms with E-state index >= 15 is 0 Å². The van der Waals surface area contributed by atoms with Crippen LogP contribution in [0.2, 0.25) is 0 Å². The van der Waals surface area contributed by atoms with Crippen molar-refractivity contribution in [2.24, 2.45) is 5.92 Å². The molecular formula is C17H24N2O2. The van der Waals surface area contributed by atoms with E-state index in [2.05, 4.69) is 29.0 Å². The Hall–Kier alpha value is -1.55. The molecule has 0 N–H and O–H groups in total. The summed E-state index contributed by atoms with van der Waals surface area (Å²) >= 11 is 0. The van der Waals surface area contributed by atoms with Crippen LogP contribution in [-0.4, -0.2) is 35.6 Å². The van der Waals surface area contributed by atoms with Gasteiger partial charge in [0.25, 0.3) is 0 Å². The summed E-state index contributed by atoms with van der Waals surface area (Å²) in [4.78, 5) is 14.8. The molecule has 3 rings (SSSR count). The van der Waals surface area contributed by atoms with Crippen molar-refractivity contribution in [1.29, 1.82) is 0 Å². The number of carbonyl (C=O) groups excluding carboxylic acids is 1. The maximum absolute atomic E-state index is 12.7. The molecule has 4 nitrogen and oxygen atoms in total. The van der Waals surface area contributed by atoms with Gasteiger partial charge >= 0.3 is 0 Å². The molecule has 1 aromatic heterocycles. The summed E-state index contributed by atoms with van der Waals surface area (Å²) in [5.74, 6) is 0.703. The van der Waals surface area contributed by atoms with Crippen LogP contribution in [0.3, 0.4) is 0 Å². The smallest absolute Gasteiger partial charge is 0.249 e. The zero-order chi connectivity index (χ0) is 14.7. The van der Waals surface area contributed by atoms with Gasteiger partial charge in [0.15, 0.2) is 0 Å². The zero-order valence-electron chi connectivity index (χ0n) is 12.8. The second-order valence-electron chi connectivity index (χ2n) is 6.11. The maximum Gasteiger partial charge on any atom is 0.249 e. The predicted molar refractivity (Wildman–Crippen MR) is 81.8 cm³/mol. The van der Waals surface area contributed by atoms with E-state index in [1.54, 1.807) is 7.11 Å². The Balaban J connectivity index is 1.77. The van der Waals surface area contributed by atoms with E-state index < -0.39 is 0 Å². The van der Waals surface area contributed by atoms with Gasteiger partial charge < -0.3 is 14.2 Å². The van der Waals surface area contributed by atoms with Crippen LogP contribution in [-0.2, 0) is 22.6 Å². The fraction of sp³-hybridized carbons (Fsp3) is 0.588. The standard InChI is InChI=1S/C17H24N2O2/c1-21-10-8-14-11-18-9-4-7-16(18)13-19(12-14)17(20)15-5-2-3-6-15/h4-5,7,9,14H,2-3,6,8,10-13H2,1H3/t14-/m0/s1. The second kappa shape index (κ2) is 6.48. The molecule has 1 aliphatic carbocycles. The van der Waals surface area contributed by atoms with Crippen molar-refractivity contribution in [2.75, 3.05) is 20.3 Å². The maximum atomic E-state index is 12.7. The van der Waals surface area contributed by atoms with Crippen LogP contribution in [0.4, 0.5) is 0 Å². The number of rotatable bonds is 4. The Kier molecular flexibility index (Phi) is 4.44. The molecule has 0 saturated heterocycles. The molecule has 1 aromatic rings. The quantitative estimate of drug-likeness (QED) is 0.853. The molecule has 2 heterocycles. The van der Waals surface area contributed by atoms with Gasteiger partial charge in [-0.2, -0.15) is 0 Å². The highest BCUT2D eigenvalue weighted by molar-refractivity contribution is 5.93. The highest BCUT2D eigenvalue weighted by atomic mass is 16.5. The van der Waals surface area contributed by atoms with Gasteiger partial charge in [-0.25, -0.2) is 0 Å². The van der Waals surface area contributed by atoms with Crippen molar-refractivity contribution in [1.82, 2.24) is 9.47 Å². The van der Waals surface area contributed by atoms with Gasteiger partial charge in [0.2, 0.25) is 5.91 Å². The molecule has 1 amide bonds. The van der Waals surface area contributed by atoms with Gasteiger partial charge in [-0.3, -0.25) is 4.79 Å². The monoisotopic (exact) mass is 288 g/mol. The molecule has 4 heteroatoms. The number of amides is 1. The molecule has 0 unspecified atom stereocenters. The Morgan fingerprint density at radius 1 is 1.43 bits per heavy atom. The molecule has 1 atom stereocenters. The summed E-state index contributed by atoms with van der Waals surface area (Å²) in [6.07, 6.45) is 8.36. The Morgan fingerprint density at radius 3 is 3.10 bits per heavy atom. The minimum absolute atomic E-state index is 0.240. The van der Waals surface area contributed by atoms with E-state index in [9.17, 15) is 4.79 Å². The van der Waals surface area contributed by atoms with Gasteiger partial charge in [-0.15, -0.1) is 0 Å². The number of methoxy groups -OCH3 is 1. The van der Waals surface area contributed by atoms with E-state index in [0.29, 0.717) is 5.92 Å². The number of hydrogen-bond donors (Lipinski definition) is 0. The first kappa shape index (κ1) is 14.4. The van der Waals surface area contributed by atoms with Crippen LogP contribution >= 0.6 is 0 Å². The third-order valence-corrected chi connectivity index (χ3v) is 4.54. The molecule has 0 fully saturated rings. The Bertz CT molecular complexity index is 533. The average Bonchev–Trinajstić information content (AvgIpc) is 3.13. The fourth-order valence-electron chi connectivity index (χ4n) is 3.37. The Morgan fingerprint density at radius 2 is 2.33 bits per heavy atom. The minimum atomic E-state index is 0.240. The van der Waals surface area contributed by atoms with Crippen LogP contribution in [0.25, 0.3) is 0 Å². The van der Waals surface area contributed by atoms with E-state index in [0.717, 1.165) is 57.5 Å². The van der Waals surface area contributed by atoms with Crippen LogP contribution in [0, 0.1) is 5.92 Å². The predicted octanol–water partition coefficient (Wildman–Crippen LogP) is 2.59. The molecule has 21 heavy (non-hydrogen) atoms. The lowest BCUT2D eigenvalue weighted by Gasteiger charge is -2.24. The molecule has 1 aliphatic heterocycles. The number of allylic oxidation sites excluding steroid dienone is 1. The summed E-state index contributed by atoms with van der Waals surface area (Å²) in [5.41, 5.74) is 2.25. The molecule has 0 bridgehead atoms. The largest absolute Gasteiger partial charge is 0.385 e. The number of nitrogens with zero attached hydrogens (tertiary/aromatic N) is 2. The van der Waals surface area contributed by atoms with Gasteiger partial charge in [0, 0.05) is 44.3 Å². The van der Waals surface area contributed by atoms with Crippen molar-refractivity contribution in [3.05, 3.63) is 35.7 Å². The van der Waals surface area contributed by atoms with E-state index in [-0.39, 0.29) is 5.91 Å². The molecule has 0 spiro atoms. The number of carbonyl (C=O) groups is 1. The Labute approximate surface area is 126 Å². The average molecular weight is 288 g/mol. The third-order valence-electron chi connectivity index (χ3n) is 4.54. The van der Waals surface area contributed by atoms with Gasteiger partial charge in [0.05, 0.1) is 6.54 Å². The number of aromatic nitrogens is 1. The SMILES string of the molecule is COCC[C@@H]1CN(C(=O)C2=CCCC2)Cc2cccn2C1. The van der Waals surface area contributed by atoms with E-state index in [1.807, 2.05) is 4.90 Å². The lowest BCUT2D eigenvalue weighted by atomic mass is 10.0. The summed E-state index contributed by atoms with van der Waals surface area (Å²) in [6, 6.07) is 4.20. The van der Waals surface area contributed by atoms with Crippen LogP contribution < -0.4 is 0 Å². The van der Waals surface area contributed by atoms with Crippen LogP contribution in [0.1, 0.15) is 31.4 Å². The van der Waals surface area contributed by atoms with Gasteiger partial charge in [0.1, 0.15) is 0 Å². The summed E-state index contributed by atoms with van der Waals surface area (Å²) < 4.78 is 7.51. The normalized spacial score (nSPS) is 21.9. The topological polar surface area (TPSA) is 34.5 Å². The van der Waals surface area contributed by atoms with Crippen molar-refractivity contribution in [2.45, 2.75) is 38.8 Å². The zero-order valence-corrected chi connectivity index (χ0v) is 12.8. The van der Waals surface area contributed by atoms with Crippen molar-refractivity contribution < 1.29 is 9.53 Å². The summed E-state index contributed by atoms with van der Waals surface area (Å²) in [7, 11) is 1.74. The highest BCUT2D eigenvalue weighted by Crippen LogP contribution is 2.24. The summed E-state index contributed by atoms with van der Waals surface area (Å²) in [6.45, 7) is 3.30. The van der Waals surface area contributed by atoms with Gasteiger partial charge in [-0.05, 0) is 43.7 Å². The molecule has 2 aliphatic rings. The third kappa shape index (κ3) is 3.21. The first-order chi connectivity index (χ1) is 10.3. The van der Waals surface area contributed by atoms with Crippen molar-refractivity contribution in [3.8, 4) is 0 Å². The number of fused-ring (bicyclic) bond motifs is 1. The summed E-state index contributed by atoms with van der Waals surface area (Å²) in [5, 5.41) is 0. The van der Waals surface area contributed by atoms with E-state index in [4.69, 9.17) is 4.74 Å². The van der Waals surface area contributed by atoms with Crippen LogP contribution in [0.15, 0.2) is 30.0 Å². The highest BCUT2D eigenvalue weighted by Gasteiger charge is 2.27. The van der Waals surface area contributed by atoms with E-state index in [1.165, 1.54) is 5.69 Å². The molecular weight excluding hydrogens is 264 g/mol. The first-order valence-corrected chi connectivity index (χ1v) is 7.89. The van der Waals surface area contributed by atoms with Crippen LogP contribution in [0.5, 0.6) is 0 Å². The lowest BCUT2D eigenvalue weighted by molar-refractivity contribution is -0.128.